The van der Waals surface area contributed by atoms with E-state index in [1.54, 1.807) is 0 Å². The predicted molar refractivity (Wildman–Crippen MR) is 101 cm³/mol. The maximum absolute atomic E-state index is 11.6. The van der Waals surface area contributed by atoms with Gasteiger partial charge in [-0.2, -0.15) is 0 Å². The van der Waals surface area contributed by atoms with Crippen LogP contribution in [0.2, 0.25) is 0 Å². The third kappa shape index (κ3) is 4.70. The van der Waals surface area contributed by atoms with E-state index in [-0.39, 0.29) is 0 Å². The number of anilines is 1. The van der Waals surface area contributed by atoms with Gasteiger partial charge >= 0.3 is 6.09 Å². The van der Waals surface area contributed by atoms with Crippen molar-refractivity contribution in [2.24, 2.45) is 0 Å². The second-order valence-corrected chi connectivity index (χ2v) is 5.93. The standard InChI is InChI=1S/C22H21NO2/c1-25-22(24)23-21-13-12-19(14-17-8-4-2-5-9-17)16-20(21)15-18-10-6-3-7-11-18/h2-13,16H,14-15H2,1H3,(H,23,24). The number of amides is 1. The summed E-state index contributed by atoms with van der Waals surface area (Å²) in [4.78, 5) is 11.6. The summed E-state index contributed by atoms with van der Waals surface area (Å²) in [6.45, 7) is 0. The summed E-state index contributed by atoms with van der Waals surface area (Å²) in [6, 6.07) is 26.8. The fourth-order valence-electron chi connectivity index (χ4n) is 2.83. The first-order chi connectivity index (χ1) is 12.2. The molecule has 0 aliphatic carbocycles. The second kappa shape index (κ2) is 8.15. The van der Waals surface area contributed by atoms with Crippen LogP contribution >= 0.6 is 0 Å². The number of ether oxygens (including phenoxy) is 1. The summed E-state index contributed by atoms with van der Waals surface area (Å²) in [5.74, 6) is 0. The van der Waals surface area contributed by atoms with Gasteiger partial charge in [0.1, 0.15) is 0 Å². The van der Waals surface area contributed by atoms with Gasteiger partial charge in [-0.15, -0.1) is 0 Å². The molecule has 0 aliphatic heterocycles. The molecule has 3 rings (SSSR count). The van der Waals surface area contributed by atoms with Gasteiger partial charge in [-0.25, -0.2) is 4.79 Å². The van der Waals surface area contributed by atoms with Crippen LogP contribution in [0.3, 0.4) is 0 Å². The van der Waals surface area contributed by atoms with E-state index in [2.05, 4.69) is 35.6 Å². The molecule has 0 unspecified atom stereocenters. The molecular weight excluding hydrogens is 310 g/mol. The first-order valence-electron chi connectivity index (χ1n) is 8.29. The van der Waals surface area contributed by atoms with Crippen molar-refractivity contribution in [3.8, 4) is 0 Å². The van der Waals surface area contributed by atoms with Crippen molar-refractivity contribution in [3.63, 3.8) is 0 Å². The number of methoxy groups -OCH3 is 1. The Kier molecular flexibility index (Phi) is 5.47. The summed E-state index contributed by atoms with van der Waals surface area (Å²) in [5.41, 5.74) is 5.54. The van der Waals surface area contributed by atoms with E-state index < -0.39 is 6.09 Å². The van der Waals surface area contributed by atoms with E-state index >= 15 is 0 Å². The normalized spacial score (nSPS) is 10.3. The average molecular weight is 331 g/mol. The largest absolute Gasteiger partial charge is 0.453 e. The first-order valence-corrected chi connectivity index (χ1v) is 8.29. The van der Waals surface area contributed by atoms with Gasteiger partial charge in [0.25, 0.3) is 0 Å². The van der Waals surface area contributed by atoms with E-state index in [4.69, 9.17) is 4.74 Å². The molecule has 0 aromatic heterocycles. The highest BCUT2D eigenvalue weighted by Gasteiger charge is 2.09. The van der Waals surface area contributed by atoms with Crippen LogP contribution in [0.4, 0.5) is 10.5 Å². The molecule has 3 nitrogen and oxygen atoms in total. The summed E-state index contributed by atoms with van der Waals surface area (Å²) in [5, 5.41) is 2.81. The average Bonchev–Trinajstić information content (AvgIpc) is 2.65. The minimum atomic E-state index is -0.454. The van der Waals surface area contributed by atoms with Gasteiger partial charge in [0.2, 0.25) is 0 Å². The van der Waals surface area contributed by atoms with Crippen molar-refractivity contribution in [1.29, 1.82) is 0 Å². The topological polar surface area (TPSA) is 38.3 Å². The number of hydrogen-bond donors (Lipinski definition) is 1. The number of rotatable bonds is 5. The van der Waals surface area contributed by atoms with Crippen LogP contribution in [0.5, 0.6) is 0 Å². The number of benzene rings is 3. The Labute approximate surface area is 148 Å². The SMILES string of the molecule is COC(=O)Nc1ccc(Cc2ccccc2)cc1Cc1ccccc1. The van der Waals surface area contributed by atoms with Crippen molar-refractivity contribution in [2.75, 3.05) is 12.4 Å². The zero-order valence-electron chi connectivity index (χ0n) is 14.2. The molecule has 25 heavy (non-hydrogen) atoms. The Morgan fingerprint density at radius 1 is 0.800 bits per heavy atom. The predicted octanol–water partition coefficient (Wildman–Crippen LogP) is 5.05. The quantitative estimate of drug-likeness (QED) is 0.711. The highest BCUT2D eigenvalue weighted by molar-refractivity contribution is 5.85. The van der Waals surface area contributed by atoms with Crippen LogP contribution in [-0.2, 0) is 17.6 Å². The summed E-state index contributed by atoms with van der Waals surface area (Å²) >= 11 is 0. The van der Waals surface area contributed by atoms with E-state index in [0.717, 1.165) is 24.1 Å². The third-order valence-electron chi connectivity index (χ3n) is 4.08. The Morgan fingerprint density at radius 3 is 2.00 bits per heavy atom. The van der Waals surface area contributed by atoms with Crippen molar-refractivity contribution < 1.29 is 9.53 Å². The van der Waals surface area contributed by atoms with Gasteiger partial charge in [0.15, 0.2) is 0 Å². The summed E-state index contributed by atoms with van der Waals surface area (Å²) < 4.78 is 4.74. The van der Waals surface area contributed by atoms with E-state index in [0.29, 0.717) is 0 Å². The molecule has 0 heterocycles. The van der Waals surface area contributed by atoms with E-state index in [1.165, 1.54) is 23.8 Å². The van der Waals surface area contributed by atoms with E-state index in [1.807, 2.05) is 48.5 Å². The molecule has 1 amide bonds. The van der Waals surface area contributed by atoms with Gasteiger partial charge in [0, 0.05) is 5.69 Å². The maximum Gasteiger partial charge on any atom is 0.411 e. The fraction of sp³-hybridized carbons (Fsp3) is 0.136. The summed E-state index contributed by atoms with van der Waals surface area (Å²) in [7, 11) is 1.37. The third-order valence-corrected chi connectivity index (χ3v) is 4.08. The lowest BCUT2D eigenvalue weighted by molar-refractivity contribution is 0.187. The smallest absolute Gasteiger partial charge is 0.411 e. The number of hydrogen-bond acceptors (Lipinski definition) is 2. The molecule has 0 saturated heterocycles. The van der Waals surface area contributed by atoms with Crippen molar-refractivity contribution >= 4 is 11.8 Å². The van der Waals surface area contributed by atoms with Gasteiger partial charge in [-0.3, -0.25) is 5.32 Å². The number of nitrogens with one attached hydrogen (secondary N) is 1. The first kappa shape index (κ1) is 16.8. The molecule has 126 valence electrons. The minimum absolute atomic E-state index is 0.454. The molecule has 3 heteroatoms. The Balaban J connectivity index is 1.89. The minimum Gasteiger partial charge on any atom is -0.453 e. The molecule has 3 aromatic rings. The Bertz CT molecular complexity index is 829. The fourth-order valence-corrected chi connectivity index (χ4v) is 2.83. The molecule has 0 saturated carbocycles. The van der Waals surface area contributed by atoms with Gasteiger partial charge in [-0.1, -0.05) is 72.8 Å². The Hall–Kier alpha value is -3.07. The lowest BCUT2D eigenvalue weighted by Crippen LogP contribution is -2.13. The van der Waals surface area contributed by atoms with Crippen molar-refractivity contribution in [1.82, 2.24) is 0 Å². The van der Waals surface area contributed by atoms with Crippen molar-refractivity contribution in [2.45, 2.75) is 12.8 Å². The van der Waals surface area contributed by atoms with Gasteiger partial charge in [-0.05, 0) is 41.2 Å². The molecule has 0 aliphatic rings. The molecule has 0 radical (unpaired) electrons. The van der Waals surface area contributed by atoms with Gasteiger partial charge in [0.05, 0.1) is 7.11 Å². The summed E-state index contributed by atoms with van der Waals surface area (Å²) in [6.07, 6.45) is 1.16. The molecular formula is C22H21NO2. The van der Waals surface area contributed by atoms with Gasteiger partial charge < -0.3 is 4.74 Å². The monoisotopic (exact) mass is 331 g/mol. The van der Waals surface area contributed by atoms with E-state index in [9.17, 15) is 4.79 Å². The van der Waals surface area contributed by atoms with Crippen LogP contribution in [0.25, 0.3) is 0 Å². The lowest BCUT2D eigenvalue weighted by Gasteiger charge is -2.13. The zero-order chi connectivity index (χ0) is 17.5. The molecule has 0 atom stereocenters. The molecule has 0 spiro atoms. The maximum atomic E-state index is 11.6. The molecule has 1 N–H and O–H groups in total. The molecule has 0 bridgehead atoms. The van der Waals surface area contributed by atoms with Crippen LogP contribution in [0, 0.1) is 0 Å². The lowest BCUT2D eigenvalue weighted by atomic mass is 9.97. The number of carbonyl (C=O) groups excluding carboxylic acids is 1. The Morgan fingerprint density at radius 2 is 1.40 bits per heavy atom. The highest BCUT2D eigenvalue weighted by atomic mass is 16.5. The highest BCUT2D eigenvalue weighted by Crippen LogP contribution is 2.23. The second-order valence-electron chi connectivity index (χ2n) is 5.93. The van der Waals surface area contributed by atoms with Crippen LogP contribution in [-0.4, -0.2) is 13.2 Å². The van der Waals surface area contributed by atoms with Crippen LogP contribution in [0.1, 0.15) is 22.3 Å². The van der Waals surface area contributed by atoms with Crippen LogP contribution in [0.15, 0.2) is 78.9 Å². The molecule has 3 aromatic carbocycles. The van der Waals surface area contributed by atoms with Crippen LogP contribution < -0.4 is 5.32 Å². The number of carbonyl (C=O) groups is 1. The molecule has 0 fully saturated rings. The zero-order valence-corrected chi connectivity index (χ0v) is 14.2. The van der Waals surface area contributed by atoms with Crippen molar-refractivity contribution in [3.05, 3.63) is 101 Å².